The van der Waals surface area contributed by atoms with Crippen molar-refractivity contribution in [1.29, 1.82) is 0 Å². The van der Waals surface area contributed by atoms with Gasteiger partial charge in [0.2, 0.25) is 0 Å². The number of rotatable bonds is 2. The van der Waals surface area contributed by atoms with E-state index in [0.717, 1.165) is 0 Å². The van der Waals surface area contributed by atoms with Crippen molar-refractivity contribution in [3.8, 4) is 0 Å². The number of hydrogen-bond donors (Lipinski definition) is 1. The summed E-state index contributed by atoms with van der Waals surface area (Å²) in [6.07, 6.45) is 0.111. The Hall–Kier alpha value is -2.52. The van der Waals surface area contributed by atoms with E-state index >= 15 is 0 Å². The van der Waals surface area contributed by atoms with Gasteiger partial charge >= 0.3 is 24.1 Å². The first kappa shape index (κ1) is 30.5. The van der Waals surface area contributed by atoms with Crippen molar-refractivity contribution < 1.29 is 38.5 Å². The van der Waals surface area contributed by atoms with Crippen LogP contribution in [0.3, 0.4) is 0 Å². The van der Waals surface area contributed by atoms with Crippen LogP contribution in [0, 0.1) is 11.8 Å². The predicted octanol–water partition coefficient (Wildman–Crippen LogP) is 4.30. The molecule has 2 aliphatic rings. The van der Waals surface area contributed by atoms with Gasteiger partial charge in [0.15, 0.2) is 0 Å². The van der Waals surface area contributed by atoms with E-state index in [1.807, 2.05) is 48.5 Å². The van der Waals surface area contributed by atoms with Crippen LogP contribution in [0.4, 0.5) is 9.59 Å². The number of ether oxygens (including phenoxy) is 3. The van der Waals surface area contributed by atoms with Gasteiger partial charge in [0.25, 0.3) is 0 Å². The van der Waals surface area contributed by atoms with E-state index in [1.165, 1.54) is 16.9 Å². The van der Waals surface area contributed by atoms with Crippen molar-refractivity contribution in [1.82, 2.24) is 9.80 Å². The van der Waals surface area contributed by atoms with E-state index in [1.54, 1.807) is 20.8 Å². The molecule has 2 heterocycles. The Morgan fingerprint density at radius 2 is 1.06 bits per heavy atom. The molecule has 0 spiro atoms. The van der Waals surface area contributed by atoms with Crippen molar-refractivity contribution >= 4 is 24.1 Å². The molecule has 0 aromatic rings. The third kappa shape index (κ3) is 8.28. The van der Waals surface area contributed by atoms with Gasteiger partial charge in [0.05, 0.1) is 7.11 Å². The standard InChI is InChI=1S/C13H23NO4.C12H21NO4/c1-8-7-10(11(15)17-6)14(9(8)2)12(16)18-13(3,4)5;1-7-6-9(10(14)15)13(8(7)2)11(16)17-12(3,4)5/h8-10H,7H2,1-6H3;7-9H,6H2,1-5H3,(H,14,15)/t8-,9-,10-;7-,8-,9-/m00/s1. The molecule has 2 aliphatic heterocycles. The Kier molecular flexibility index (Phi) is 10.0. The minimum Gasteiger partial charge on any atom is -0.480 e. The number of amides is 2. The average Bonchev–Trinajstić information content (AvgIpc) is 3.15. The predicted molar refractivity (Wildman–Crippen MR) is 130 cm³/mol. The van der Waals surface area contributed by atoms with Crippen LogP contribution in [0.15, 0.2) is 0 Å². The zero-order chi connectivity index (χ0) is 27.5. The van der Waals surface area contributed by atoms with Gasteiger partial charge in [-0.1, -0.05) is 13.8 Å². The Labute approximate surface area is 209 Å². The molecule has 202 valence electrons. The van der Waals surface area contributed by atoms with E-state index in [0.29, 0.717) is 12.8 Å². The van der Waals surface area contributed by atoms with Gasteiger partial charge in [0, 0.05) is 12.1 Å². The molecule has 0 aromatic heterocycles. The molecule has 10 heteroatoms. The highest BCUT2D eigenvalue weighted by Gasteiger charge is 2.46. The maximum Gasteiger partial charge on any atom is 0.411 e. The van der Waals surface area contributed by atoms with Gasteiger partial charge in [-0.3, -0.25) is 9.80 Å². The molecule has 2 amide bonds. The van der Waals surface area contributed by atoms with Crippen LogP contribution < -0.4 is 0 Å². The number of esters is 1. The maximum atomic E-state index is 12.1. The van der Waals surface area contributed by atoms with Crippen molar-refractivity contribution in [3.63, 3.8) is 0 Å². The third-order valence-corrected chi connectivity index (χ3v) is 6.35. The summed E-state index contributed by atoms with van der Waals surface area (Å²) in [6.45, 7) is 18.5. The van der Waals surface area contributed by atoms with E-state index < -0.39 is 41.4 Å². The van der Waals surface area contributed by atoms with Crippen molar-refractivity contribution in [2.75, 3.05) is 7.11 Å². The molecule has 0 aliphatic carbocycles. The van der Waals surface area contributed by atoms with Crippen LogP contribution in [-0.4, -0.2) is 81.5 Å². The third-order valence-electron chi connectivity index (χ3n) is 6.35. The van der Waals surface area contributed by atoms with Crippen LogP contribution in [0.25, 0.3) is 0 Å². The number of carboxylic acids is 1. The Morgan fingerprint density at radius 3 is 1.37 bits per heavy atom. The van der Waals surface area contributed by atoms with Crippen LogP contribution in [-0.2, 0) is 23.8 Å². The maximum absolute atomic E-state index is 12.1. The molecule has 2 rings (SSSR count). The normalized spacial score (nSPS) is 28.7. The fraction of sp³-hybridized carbons (Fsp3) is 0.840. The number of carboxylic acid groups (broad SMARTS) is 1. The number of aliphatic carboxylic acids is 1. The van der Waals surface area contributed by atoms with E-state index in [-0.39, 0.29) is 29.9 Å². The van der Waals surface area contributed by atoms with Gasteiger partial charge in [-0.25, -0.2) is 19.2 Å². The smallest absolute Gasteiger partial charge is 0.411 e. The Bertz CT molecular complexity index is 785. The molecule has 0 saturated carbocycles. The zero-order valence-corrected chi connectivity index (χ0v) is 23.1. The number of methoxy groups -OCH3 is 1. The molecular formula is C25H44N2O8. The highest BCUT2D eigenvalue weighted by atomic mass is 16.6. The number of hydrogen-bond acceptors (Lipinski definition) is 7. The van der Waals surface area contributed by atoms with Gasteiger partial charge < -0.3 is 19.3 Å². The number of nitrogens with zero attached hydrogens (tertiary/aromatic N) is 2. The van der Waals surface area contributed by atoms with Gasteiger partial charge in [-0.05, 0) is 80.1 Å². The highest BCUT2D eigenvalue weighted by Crippen LogP contribution is 2.32. The van der Waals surface area contributed by atoms with Crippen LogP contribution in [0.1, 0.15) is 82.1 Å². The summed E-state index contributed by atoms with van der Waals surface area (Å²) in [5.74, 6) is -0.922. The summed E-state index contributed by atoms with van der Waals surface area (Å²) >= 11 is 0. The molecular weight excluding hydrogens is 456 g/mol. The van der Waals surface area contributed by atoms with E-state index in [9.17, 15) is 19.2 Å². The summed E-state index contributed by atoms with van der Waals surface area (Å²) < 4.78 is 15.3. The molecule has 0 bridgehead atoms. The molecule has 2 saturated heterocycles. The number of carbonyl (C=O) groups is 4. The van der Waals surface area contributed by atoms with Gasteiger partial charge in [0.1, 0.15) is 23.3 Å². The molecule has 0 aromatic carbocycles. The fourth-order valence-corrected chi connectivity index (χ4v) is 4.22. The molecule has 35 heavy (non-hydrogen) atoms. The highest BCUT2D eigenvalue weighted by molar-refractivity contribution is 5.82. The summed E-state index contributed by atoms with van der Waals surface area (Å²) in [4.78, 5) is 49.8. The minimum absolute atomic E-state index is 0.0241. The van der Waals surface area contributed by atoms with Gasteiger partial charge in [-0.15, -0.1) is 0 Å². The SMILES string of the molecule is COC(=O)[C@@H]1C[C@H](C)[C@H](C)N1C(=O)OC(C)(C)C.C[C@H]1C[C@@H](C(=O)O)N(C(=O)OC(C)(C)C)[C@H]1C. The monoisotopic (exact) mass is 500 g/mol. The molecule has 0 radical (unpaired) electrons. The lowest BCUT2D eigenvalue weighted by Crippen LogP contribution is -2.47. The topological polar surface area (TPSA) is 123 Å². The first-order chi connectivity index (χ1) is 15.8. The first-order valence-electron chi connectivity index (χ1n) is 12.1. The average molecular weight is 501 g/mol. The summed E-state index contributed by atoms with van der Waals surface area (Å²) in [7, 11) is 1.34. The second kappa shape index (κ2) is 11.5. The minimum atomic E-state index is -0.966. The zero-order valence-electron chi connectivity index (χ0n) is 23.1. The van der Waals surface area contributed by atoms with Gasteiger partial charge in [-0.2, -0.15) is 0 Å². The van der Waals surface area contributed by atoms with E-state index in [2.05, 4.69) is 0 Å². The second-order valence-electron chi connectivity index (χ2n) is 11.6. The molecule has 2 fully saturated rings. The lowest BCUT2D eigenvalue weighted by molar-refractivity contribution is -0.146. The molecule has 0 unspecified atom stereocenters. The second-order valence-corrected chi connectivity index (χ2v) is 11.6. The Morgan fingerprint density at radius 1 is 0.714 bits per heavy atom. The van der Waals surface area contributed by atoms with E-state index in [4.69, 9.17) is 19.3 Å². The first-order valence-corrected chi connectivity index (χ1v) is 12.1. The lowest BCUT2D eigenvalue weighted by Gasteiger charge is -2.30. The summed E-state index contributed by atoms with van der Waals surface area (Å²) in [6, 6.07) is -1.43. The molecule has 6 atom stereocenters. The summed E-state index contributed by atoms with van der Waals surface area (Å²) in [5.41, 5.74) is -1.17. The van der Waals surface area contributed by atoms with Crippen molar-refractivity contribution in [2.24, 2.45) is 11.8 Å². The van der Waals surface area contributed by atoms with Crippen molar-refractivity contribution in [3.05, 3.63) is 0 Å². The van der Waals surface area contributed by atoms with Crippen LogP contribution >= 0.6 is 0 Å². The lowest BCUT2D eigenvalue weighted by atomic mass is 10.0. The summed E-state index contributed by atoms with van der Waals surface area (Å²) in [5, 5.41) is 9.12. The largest absolute Gasteiger partial charge is 0.480 e. The molecule has 1 N–H and O–H groups in total. The van der Waals surface area contributed by atoms with Crippen LogP contribution in [0.2, 0.25) is 0 Å². The Balaban J connectivity index is 0.000000351. The van der Waals surface area contributed by atoms with Crippen LogP contribution in [0.5, 0.6) is 0 Å². The van der Waals surface area contributed by atoms with Crippen molar-refractivity contribution in [2.45, 2.75) is 117 Å². The fourth-order valence-electron chi connectivity index (χ4n) is 4.22. The number of likely N-dealkylation sites (tertiary alicyclic amines) is 2. The molecule has 10 nitrogen and oxygen atoms in total. The quantitative estimate of drug-likeness (QED) is 0.440. The number of carbonyl (C=O) groups excluding carboxylic acids is 3.